The molecule has 0 aliphatic heterocycles. The number of rotatable bonds is 5. The van der Waals surface area contributed by atoms with Crippen LogP contribution in [0.5, 0.6) is 0 Å². The van der Waals surface area contributed by atoms with Gasteiger partial charge in [0.15, 0.2) is 0 Å². The van der Waals surface area contributed by atoms with Crippen LogP contribution in [0.1, 0.15) is 19.4 Å². The van der Waals surface area contributed by atoms with Crippen LogP contribution in [0.3, 0.4) is 0 Å². The van der Waals surface area contributed by atoms with Gasteiger partial charge in [0.2, 0.25) is 0 Å². The second kappa shape index (κ2) is 6.20. The van der Waals surface area contributed by atoms with E-state index in [0.717, 1.165) is 10.0 Å². The first-order valence-electron chi connectivity index (χ1n) is 4.87. The van der Waals surface area contributed by atoms with Gasteiger partial charge in [-0.25, -0.2) is 4.39 Å². The maximum Gasteiger partial charge on any atom is 0.124 e. The lowest BCUT2D eigenvalue weighted by atomic mass is 10.2. The molecule has 0 amide bonds. The number of nitrogens with one attached hydrogen (secondary N) is 1. The Labute approximate surface area is 97.9 Å². The minimum atomic E-state index is -0.245. The third kappa shape index (κ3) is 5.25. The zero-order chi connectivity index (χ0) is 11.3. The molecule has 1 aromatic carbocycles. The molecular formula is C11H15BrFNO. The van der Waals surface area contributed by atoms with E-state index in [9.17, 15) is 4.39 Å². The van der Waals surface area contributed by atoms with Crippen LogP contribution in [0.25, 0.3) is 0 Å². The lowest BCUT2D eigenvalue weighted by Gasteiger charge is -2.08. The van der Waals surface area contributed by atoms with Gasteiger partial charge in [-0.3, -0.25) is 0 Å². The first kappa shape index (κ1) is 12.6. The van der Waals surface area contributed by atoms with E-state index in [2.05, 4.69) is 35.3 Å². The molecule has 0 saturated heterocycles. The molecule has 84 valence electrons. The molecule has 0 radical (unpaired) electrons. The zero-order valence-electron chi connectivity index (χ0n) is 8.89. The van der Waals surface area contributed by atoms with Crippen molar-refractivity contribution in [2.45, 2.75) is 20.4 Å². The van der Waals surface area contributed by atoms with Crippen LogP contribution < -0.4 is 5.48 Å². The normalized spacial score (nSPS) is 11.0. The van der Waals surface area contributed by atoms with Crippen molar-refractivity contribution in [2.75, 3.05) is 6.61 Å². The molecule has 0 heterocycles. The average Bonchev–Trinajstić information content (AvgIpc) is 2.10. The Kier molecular flexibility index (Phi) is 5.22. The third-order valence-electron chi connectivity index (χ3n) is 1.72. The fourth-order valence-electron chi connectivity index (χ4n) is 1.07. The first-order chi connectivity index (χ1) is 7.08. The van der Waals surface area contributed by atoms with E-state index in [1.807, 2.05) is 6.07 Å². The van der Waals surface area contributed by atoms with Crippen molar-refractivity contribution in [1.82, 2.24) is 5.48 Å². The summed E-state index contributed by atoms with van der Waals surface area (Å²) >= 11 is 3.24. The SMILES string of the molecule is CC(C)CONCc1cc(F)cc(Br)c1. The predicted molar refractivity (Wildman–Crippen MR) is 61.7 cm³/mol. The van der Waals surface area contributed by atoms with Crippen LogP contribution in [0.4, 0.5) is 4.39 Å². The van der Waals surface area contributed by atoms with Crippen LogP contribution in [0.15, 0.2) is 22.7 Å². The summed E-state index contributed by atoms with van der Waals surface area (Å²) in [6, 6.07) is 4.77. The molecule has 0 saturated carbocycles. The van der Waals surface area contributed by atoms with E-state index in [1.54, 1.807) is 0 Å². The molecule has 0 bridgehead atoms. The zero-order valence-corrected chi connectivity index (χ0v) is 10.5. The van der Waals surface area contributed by atoms with Gasteiger partial charge >= 0.3 is 0 Å². The lowest BCUT2D eigenvalue weighted by Crippen LogP contribution is -2.17. The summed E-state index contributed by atoms with van der Waals surface area (Å²) in [6.07, 6.45) is 0. The average molecular weight is 276 g/mol. The van der Waals surface area contributed by atoms with Gasteiger partial charge in [0.05, 0.1) is 6.61 Å². The minimum Gasteiger partial charge on any atom is -0.301 e. The van der Waals surface area contributed by atoms with E-state index < -0.39 is 0 Å². The van der Waals surface area contributed by atoms with Crippen LogP contribution in [0.2, 0.25) is 0 Å². The fraction of sp³-hybridized carbons (Fsp3) is 0.455. The van der Waals surface area contributed by atoms with Crippen molar-refractivity contribution in [2.24, 2.45) is 5.92 Å². The maximum atomic E-state index is 13.0. The Morgan fingerprint density at radius 1 is 1.40 bits per heavy atom. The van der Waals surface area contributed by atoms with Gasteiger partial charge in [0.1, 0.15) is 5.82 Å². The third-order valence-corrected chi connectivity index (χ3v) is 2.18. The van der Waals surface area contributed by atoms with Crippen molar-refractivity contribution >= 4 is 15.9 Å². The molecule has 0 fully saturated rings. The number of benzene rings is 1. The van der Waals surface area contributed by atoms with Gasteiger partial charge < -0.3 is 4.84 Å². The van der Waals surface area contributed by atoms with E-state index in [-0.39, 0.29) is 5.82 Å². The van der Waals surface area contributed by atoms with Gasteiger partial charge in [0, 0.05) is 11.0 Å². The number of hydrogen-bond acceptors (Lipinski definition) is 2. The smallest absolute Gasteiger partial charge is 0.124 e. The van der Waals surface area contributed by atoms with Crippen molar-refractivity contribution in [3.8, 4) is 0 Å². The highest BCUT2D eigenvalue weighted by molar-refractivity contribution is 9.10. The Balaban J connectivity index is 2.37. The van der Waals surface area contributed by atoms with Gasteiger partial charge in [-0.2, -0.15) is 5.48 Å². The number of hydrogen-bond donors (Lipinski definition) is 1. The van der Waals surface area contributed by atoms with Crippen molar-refractivity contribution in [1.29, 1.82) is 0 Å². The summed E-state index contributed by atoms with van der Waals surface area (Å²) in [7, 11) is 0. The molecule has 0 atom stereocenters. The molecule has 4 heteroatoms. The molecule has 0 unspecified atom stereocenters. The molecule has 0 spiro atoms. The van der Waals surface area contributed by atoms with Gasteiger partial charge in [-0.1, -0.05) is 29.8 Å². The van der Waals surface area contributed by atoms with Gasteiger partial charge in [-0.15, -0.1) is 0 Å². The molecule has 1 rings (SSSR count). The summed E-state index contributed by atoms with van der Waals surface area (Å²) in [5.41, 5.74) is 3.65. The molecular weight excluding hydrogens is 261 g/mol. The fourth-order valence-corrected chi connectivity index (χ4v) is 1.59. The maximum absolute atomic E-state index is 13.0. The Hall–Kier alpha value is -0.450. The Bertz CT molecular complexity index is 297. The quantitative estimate of drug-likeness (QED) is 0.658. The minimum absolute atomic E-state index is 0.245. The largest absolute Gasteiger partial charge is 0.301 e. The molecule has 0 aliphatic carbocycles. The molecule has 0 aromatic heterocycles. The number of hydroxylamine groups is 1. The number of halogens is 2. The Morgan fingerprint density at radius 3 is 2.73 bits per heavy atom. The van der Waals surface area contributed by atoms with Crippen LogP contribution in [-0.4, -0.2) is 6.61 Å². The van der Waals surface area contributed by atoms with E-state index in [1.165, 1.54) is 12.1 Å². The highest BCUT2D eigenvalue weighted by Gasteiger charge is 1.99. The topological polar surface area (TPSA) is 21.3 Å². The van der Waals surface area contributed by atoms with Crippen LogP contribution in [0, 0.1) is 11.7 Å². The highest BCUT2D eigenvalue weighted by atomic mass is 79.9. The monoisotopic (exact) mass is 275 g/mol. The van der Waals surface area contributed by atoms with Crippen LogP contribution in [-0.2, 0) is 11.4 Å². The molecule has 1 N–H and O–H groups in total. The molecule has 15 heavy (non-hydrogen) atoms. The lowest BCUT2D eigenvalue weighted by molar-refractivity contribution is 0.0196. The van der Waals surface area contributed by atoms with E-state index >= 15 is 0 Å². The summed E-state index contributed by atoms with van der Waals surface area (Å²) in [5.74, 6) is 0.238. The molecule has 2 nitrogen and oxygen atoms in total. The van der Waals surface area contributed by atoms with Crippen molar-refractivity contribution in [3.05, 3.63) is 34.1 Å². The van der Waals surface area contributed by atoms with E-state index in [4.69, 9.17) is 4.84 Å². The Morgan fingerprint density at radius 2 is 2.13 bits per heavy atom. The second-order valence-corrected chi connectivity index (χ2v) is 4.72. The van der Waals surface area contributed by atoms with Gasteiger partial charge in [0.25, 0.3) is 0 Å². The predicted octanol–water partition coefficient (Wildman–Crippen LogP) is 3.27. The van der Waals surface area contributed by atoms with Crippen molar-refractivity contribution in [3.63, 3.8) is 0 Å². The molecule has 0 aliphatic rings. The first-order valence-corrected chi connectivity index (χ1v) is 5.67. The van der Waals surface area contributed by atoms with Gasteiger partial charge in [-0.05, 0) is 29.7 Å². The summed E-state index contributed by atoms with van der Waals surface area (Å²) in [4.78, 5) is 5.19. The molecule has 1 aromatic rings. The summed E-state index contributed by atoms with van der Waals surface area (Å²) in [6.45, 7) is 5.29. The standard InChI is InChI=1S/C11H15BrFNO/c1-8(2)7-15-14-6-9-3-10(12)5-11(13)4-9/h3-5,8,14H,6-7H2,1-2H3. The van der Waals surface area contributed by atoms with Crippen LogP contribution >= 0.6 is 15.9 Å². The van der Waals surface area contributed by atoms with Crippen molar-refractivity contribution < 1.29 is 9.23 Å². The summed E-state index contributed by atoms with van der Waals surface area (Å²) in [5, 5.41) is 0. The second-order valence-electron chi connectivity index (χ2n) is 3.80. The highest BCUT2D eigenvalue weighted by Crippen LogP contribution is 2.14. The summed E-state index contributed by atoms with van der Waals surface area (Å²) < 4.78 is 13.7. The van der Waals surface area contributed by atoms with E-state index in [0.29, 0.717) is 19.1 Å².